The maximum atomic E-state index is 13.6. The number of benzene rings is 1. The lowest BCUT2D eigenvalue weighted by atomic mass is 10.2. The average Bonchev–Trinajstić information content (AvgIpc) is 2.75. The van der Waals surface area contributed by atoms with Gasteiger partial charge in [-0.3, -0.25) is 0 Å². The molecule has 0 N–H and O–H groups in total. The van der Waals surface area contributed by atoms with Gasteiger partial charge in [0.25, 0.3) is 0 Å². The van der Waals surface area contributed by atoms with Gasteiger partial charge in [0.05, 0.1) is 21.4 Å². The average molecular weight is 319 g/mol. The summed E-state index contributed by atoms with van der Waals surface area (Å²) in [5, 5.41) is -0.180. The molecule has 2 aromatic rings. The van der Waals surface area contributed by atoms with Crippen molar-refractivity contribution >= 4 is 34.2 Å². The van der Waals surface area contributed by atoms with E-state index in [4.69, 9.17) is 27.9 Å². The Bertz CT molecular complexity index is 613. The van der Waals surface area contributed by atoms with Crippen molar-refractivity contribution in [3.63, 3.8) is 0 Å². The van der Waals surface area contributed by atoms with Gasteiger partial charge in [0.15, 0.2) is 0 Å². The molecule has 0 bridgehead atoms. The van der Waals surface area contributed by atoms with Gasteiger partial charge in [-0.05, 0) is 26.3 Å². The highest BCUT2D eigenvalue weighted by atomic mass is 35.5. The monoisotopic (exact) mass is 318 g/mol. The van der Waals surface area contributed by atoms with E-state index in [1.165, 1.54) is 6.07 Å². The molecule has 1 heterocycles. The standard InChI is InChI=1S/C14H17Cl2FN2O/c1-8(4-5-20-3)19-13-6-10(16)11(17)7-12(13)18-14(19)9(2)15/h6-9H,4-5H2,1-3H3. The number of halogens is 3. The van der Waals surface area contributed by atoms with Crippen molar-refractivity contribution in [1.82, 2.24) is 9.55 Å². The van der Waals surface area contributed by atoms with Crippen molar-refractivity contribution in [2.45, 2.75) is 31.7 Å². The molecule has 20 heavy (non-hydrogen) atoms. The number of aromatic nitrogens is 2. The quantitative estimate of drug-likeness (QED) is 0.745. The minimum absolute atomic E-state index is 0.0892. The van der Waals surface area contributed by atoms with Crippen LogP contribution in [0.2, 0.25) is 5.02 Å². The third-order valence-electron chi connectivity index (χ3n) is 3.30. The van der Waals surface area contributed by atoms with Gasteiger partial charge in [0.2, 0.25) is 0 Å². The number of hydrogen-bond acceptors (Lipinski definition) is 2. The van der Waals surface area contributed by atoms with E-state index in [2.05, 4.69) is 11.9 Å². The molecule has 2 unspecified atom stereocenters. The normalized spacial score (nSPS) is 14.7. The van der Waals surface area contributed by atoms with Crippen molar-refractivity contribution < 1.29 is 9.13 Å². The minimum Gasteiger partial charge on any atom is -0.385 e. The maximum Gasteiger partial charge on any atom is 0.144 e. The Morgan fingerprint density at radius 2 is 2.10 bits per heavy atom. The SMILES string of the molecule is COCCC(C)n1c(C(C)Cl)nc2cc(F)c(Cl)cc21. The number of fused-ring (bicyclic) bond motifs is 1. The summed E-state index contributed by atoms with van der Waals surface area (Å²) in [6.45, 7) is 4.53. The van der Waals surface area contributed by atoms with Crippen LogP contribution >= 0.6 is 23.2 Å². The molecule has 0 saturated carbocycles. The zero-order valence-corrected chi connectivity index (χ0v) is 13.2. The van der Waals surface area contributed by atoms with Gasteiger partial charge in [-0.15, -0.1) is 11.6 Å². The van der Waals surface area contributed by atoms with Gasteiger partial charge in [-0.25, -0.2) is 9.37 Å². The first kappa shape index (κ1) is 15.5. The predicted octanol–water partition coefficient (Wildman–Crippen LogP) is 4.73. The molecule has 1 aromatic carbocycles. The Morgan fingerprint density at radius 3 is 2.70 bits per heavy atom. The van der Waals surface area contributed by atoms with E-state index in [0.29, 0.717) is 17.9 Å². The minimum atomic E-state index is -0.470. The van der Waals surface area contributed by atoms with Gasteiger partial charge in [0.1, 0.15) is 11.6 Å². The smallest absolute Gasteiger partial charge is 0.144 e. The van der Waals surface area contributed by atoms with E-state index in [-0.39, 0.29) is 16.4 Å². The van der Waals surface area contributed by atoms with E-state index in [1.54, 1.807) is 13.2 Å². The molecule has 0 fully saturated rings. The summed E-state index contributed by atoms with van der Waals surface area (Å²) in [6, 6.07) is 3.09. The van der Waals surface area contributed by atoms with Gasteiger partial charge >= 0.3 is 0 Å². The molecule has 0 saturated heterocycles. The van der Waals surface area contributed by atoms with E-state index in [9.17, 15) is 4.39 Å². The highest BCUT2D eigenvalue weighted by Crippen LogP contribution is 2.31. The topological polar surface area (TPSA) is 27.1 Å². The van der Waals surface area contributed by atoms with Crippen LogP contribution in [0.1, 0.15) is 37.5 Å². The van der Waals surface area contributed by atoms with E-state index in [0.717, 1.165) is 11.9 Å². The molecular formula is C14H17Cl2FN2O. The number of ether oxygens (including phenoxy) is 1. The van der Waals surface area contributed by atoms with Crippen molar-refractivity contribution in [3.8, 4) is 0 Å². The van der Waals surface area contributed by atoms with Crippen molar-refractivity contribution in [3.05, 3.63) is 28.8 Å². The maximum absolute atomic E-state index is 13.6. The second-order valence-electron chi connectivity index (χ2n) is 4.84. The molecule has 0 spiro atoms. The summed E-state index contributed by atoms with van der Waals surface area (Å²) < 4.78 is 20.7. The number of methoxy groups -OCH3 is 1. The highest BCUT2D eigenvalue weighted by Gasteiger charge is 2.20. The van der Waals surface area contributed by atoms with Crippen LogP contribution in [0, 0.1) is 5.82 Å². The first-order chi connectivity index (χ1) is 9.45. The number of hydrogen-bond donors (Lipinski definition) is 0. The molecule has 2 atom stereocenters. The predicted molar refractivity (Wildman–Crippen MR) is 80.2 cm³/mol. The summed E-state index contributed by atoms with van der Waals surface area (Å²) in [7, 11) is 1.66. The Labute approximate surface area is 127 Å². The molecule has 0 amide bonds. The summed E-state index contributed by atoms with van der Waals surface area (Å²) in [5.41, 5.74) is 1.36. The van der Waals surface area contributed by atoms with Gasteiger partial charge < -0.3 is 9.30 Å². The fourth-order valence-electron chi connectivity index (χ4n) is 2.27. The zero-order valence-electron chi connectivity index (χ0n) is 11.7. The molecule has 3 nitrogen and oxygen atoms in total. The summed E-state index contributed by atoms with van der Waals surface area (Å²) in [5.74, 6) is 0.245. The van der Waals surface area contributed by atoms with Crippen LogP contribution in [0.4, 0.5) is 4.39 Å². The molecule has 110 valence electrons. The molecule has 6 heteroatoms. The van der Waals surface area contributed by atoms with Crippen LogP contribution in [0.25, 0.3) is 11.0 Å². The number of nitrogens with zero attached hydrogens (tertiary/aromatic N) is 2. The number of alkyl halides is 1. The third-order valence-corrected chi connectivity index (χ3v) is 3.78. The van der Waals surface area contributed by atoms with Crippen LogP contribution in [0.5, 0.6) is 0 Å². The van der Waals surface area contributed by atoms with Crippen molar-refractivity contribution in [2.75, 3.05) is 13.7 Å². The largest absolute Gasteiger partial charge is 0.385 e. The van der Waals surface area contributed by atoms with Gasteiger partial charge in [-0.1, -0.05) is 11.6 Å². The van der Waals surface area contributed by atoms with Crippen LogP contribution in [-0.2, 0) is 4.74 Å². The summed E-state index contributed by atoms with van der Waals surface area (Å²) in [4.78, 5) is 4.43. The lowest BCUT2D eigenvalue weighted by molar-refractivity contribution is 0.181. The molecule has 0 aliphatic carbocycles. The molecule has 0 radical (unpaired) electrons. The van der Waals surface area contributed by atoms with Crippen LogP contribution in [0.15, 0.2) is 12.1 Å². The number of imidazole rings is 1. The van der Waals surface area contributed by atoms with Crippen LogP contribution in [-0.4, -0.2) is 23.3 Å². The Balaban J connectivity index is 2.58. The Kier molecular flexibility index (Phi) is 4.89. The fourth-order valence-corrected chi connectivity index (χ4v) is 2.58. The first-order valence-electron chi connectivity index (χ1n) is 6.45. The summed E-state index contributed by atoms with van der Waals surface area (Å²) in [6.07, 6.45) is 0.813. The highest BCUT2D eigenvalue weighted by molar-refractivity contribution is 6.31. The van der Waals surface area contributed by atoms with E-state index < -0.39 is 5.82 Å². The van der Waals surface area contributed by atoms with Gasteiger partial charge in [0, 0.05) is 25.8 Å². The zero-order chi connectivity index (χ0) is 14.9. The third kappa shape index (κ3) is 2.92. The van der Waals surface area contributed by atoms with Crippen molar-refractivity contribution in [2.24, 2.45) is 0 Å². The molecule has 2 rings (SSSR count). The van der Waals surface area contributed by atoms with Crippen LogP contribution < -0.4 is 0 Å². The molecule has 0 aliphatic heterocycles. The van der Waals surface area contributed by atoms with Crippen LogP contribution in [0.3, 0.4) is 0 Å². The van der Waals surface area contributed by atoms with E-state index in [1.807, 2.05) is 11.5 Å². The van der Waals surface area contributed by atoms with Crippen molar-refractivity contribution in [1.29, 1.82) is 0 Å². The second-order valence-corrected chi connectivity index (χ2v) is 5.90. The molecule has 0 aliphatic rings. The molecular weight excluding hydrogens is 302 g/mol. The van der Waals surface area contributed by atoms with E-state index >= 15 is 0 Å². The second kappa shape index (κ2) is 6.29. The van der Waals surface area contributed by atoms with Gasteiger partial charge in [-0.2, -0.15) is 0 Å². The Morgan fingerprint density at radius 1 is 1.40 bits per heavy atom. The lowest BCUT2D eigenvalue weighted by Gasteiger charge is -2.18. The fraction of sp³-hybridized carbons (Fsp3) is 0.500. The first-order valence-corrected chi connectivity index (χ1v) is 7.27. The number of rotatable bonds is 5. The molecule has 1 aromatic heterocycles. The Hall–Kier alpha value is -0.840. The lowest BCUT2D eigenvalue weighted by Crippen LogP contribution is -2.12. The summed E-state index contributed by atoms with van der Waals surface area (Å²) >= 11 is 12.1.